The molecule has 9 rings (SSSR count). The van der Waals surface area contributed by atoms with E-state index < -0.39 is 102 Å². The van der Waals surface area contributed by atoms with E-state index in [2.05, 4.69) is 36.6 Å². The lowest BCUT2D eigenvalue weighted by Gasteiger charge is -2.35. The number of para-hydroxylation sites is 1. The van der Waals surface area contributed by atoms with Gasteiger partial charge >= 0.3 is 13.6 Å². The fraction of sp³-hybridized carbons (Fsp3) is 0.403. The third-order valence-electron chi connectivity index (χ3n) is 16.1. The van der Waals surface area contributed by atoms with Crippen molar-refractivity contribution in [2.24, 2.45) is 11.1 Å². The van der Waals surface area contributed by atoms with Crippen molar-refractivity contribution in [2.45, 2.75) is 142 Å². The number of amides is 8. The first-order valence-corrected chi connectivity index (χ1v) is 31.4. The number of nitrogens with two attached hydrogens (primary N) is 1. The van der Waals surface area contributed by atoms with E-state index in [9.17, 15) is 57.8 Å². The number of urea groups is 1. The van der Waals surface area contributed by atoms with Crippen LogP contribution in [0.5, 0.6) is 0 Å². The van der Waals surface area contributed by atoms with Crippen LogP contribution in [0.25, 0.3) is 21.3 Å². The summed E-state index contributed by atoms with van der Waals surface area (Å²) in [7, 11) is -5.06. The molecule has 1 fully saturated rings. The Morgan fingerprint density at radius 1 is 0.897 bits per heavy atom. The van der Waals surface area contributed by atoms with Crippen molar-refractivity contribution in [3.63, 3.8) is 0 Å². The molecule has 0 aliphatic carbocycles. The largest absolute Gasteiger partial charge is 0.396 e. The number of likely N-dealkylation sites (tertiary alicyclic amines) is 1. The molecule has 0 spiro atoms. The molecule has 0 bridgehead atoms. The molecular weight excluding hydrogens is 1160 g/mol. The number of thiazole rings is 1. The molecule has 11 N–H and O–H groups in total. The van der Waals surface area contributed by atoms with Crippen LogP contribution in [-0.4, -0.2) is 132 Å². The number of benzene rings is 4. The Labute approximate surface area is 506 Å². The number of carbonyl (C=O) groups excluding carboxylic acids is 8. The number of H-pyrrole nitrogens is 1. The highest BCUT2D eigenvalue weighted by Gasteiger charge is 2.46. The van der Waals surface area contributed by atoms with E-state index in [4.69, 9.17) is 10.5 Å². The average Bonchev–Trinajstić information content (AvgIpc) is 2.15. The van der Waals surface area contributed by atoms with Crippen molar-refractivity contribution in [3.05, 3.63) is 141 Å². The minimum atomic E-state index is -5.06. The fourth-order valence-corrected chi connectivity index (χ4v) is 12.7. The monoisotopic (exact) mass is 1230 g/mol. The minimum absolute atomic E-state index is 0.0346. The molecule has 5 heterocycles. The first-order chi connectivity index (χ1) is 41.3. The average molecular weight is 1230 g/mol. The summed E-state index contributed by atoms with van der Waals surface area (Å²) in [5.41, 5.74) is 12.4. The number of ether oxygens (including phenoxy) is 1. The van der Waals surface area contributed by atoms with Crippen LogP contribution in [0.2, 0.25) is 0 Å². The second kappa shape index (κ2) is 26.9. The van der Waals surface area contributed by atoms with Gasteiger partial charge in [0, 0.05) is 55.4 Å². The SMILES string of the molecule is Cc1ncsc1-c1ccc(CNC(=O)[C@@H]2C[C@@H](O)CN2C(=O)[C@@H](NC(=O)NCCCc2ccc(CO[C@H](C)[C@H](CCC(N)=O)NC(=O)[C@@H]3Cc4cccc5c4N3C(=O)[C@@H](NC(=O)c3cc4cc(C(=O)P(=O)(O)O)ccc4[nH]3)CC5)cc2)C(C)(C)C)cc1. The van der Waals surface area contributed by atoms with Gasteiger partial charge in [0.2, 0.25) is 29.5 Å². The van der Waals surface area contributed by atoms with Crippen LogP contribution in [0.4, 0.5) is 10.5 Å². The number of β-amino-alcohol motifs (C(OH)–C–C–N with tert-alkyl or cyclic N) is 1. The summed E-state index contributed by atoms with van der Waals surface area (Å²) in [6.07, 6.45) is 0.597. The number of nitrogens with zero attached hydrogens (tertiary/aromatic N) is 3. The molecule has 3 aliphatic heterocycles. The van der Waals surface area contributed by atoms with Crippen molar-refractivity contribution in [2.75, 3.05) is 18.0 Å². The topological polar surface area (TPSA) is 345 Å². The van der Waals surface area contributed by atoms with Crippen LogP contribution in [-0.2, 0) is 65.7 Å². The van der Waals surface area contributed by atoms with Gasteiger partial charge in [-0.15, -0.1) is 11.3 Å². The second-order valence-corrected chi connectivity index (χ2v) is 25.9. The quantitative estimate of drug-likeness (QED) is 0.0291. The third-order valence-corrected chi connectivity index (χ3v) is 17.9. The van der Waals surface area contributed by atoms with E-state index in [0.29, 0.717) is 42.4 Å². The summed E-state index contributed by atoms with van der Waals surface area (Å²) >= 11 is 1.56. The van der Waals surface area contributed by atoms with Gasteiger partial charge in [0.15, 0.2) is 0 Å². The lowest BCUT2D eigenvalue weighted by Crippen LogP contribution is -2.59. The number of aliphatic hydroxyl groups is 1. The van der Waals surface area contributed by atoms with E-state index >= 15 is 0 Å². The molecule has 0 unspecified atom stereocenters. The van der Waals surface area contributed by atoms with Crippen molar-refractivity contribution in [3.8, 4) is 10.4 Å². The van der Waals surface area contributed by atoms with E-state index in [1.807, 2.05) is 94.4 Å². The number of rotatable bonds is 23. The van der Waals surface area contributed by atoms with Gasteiger partial charge in [0.05, 0.1) is 46.6 Å². The molecule has 25 heteroatoms. The summed E-state index contributed by atoms with van der Waals surface area (Å²) in [4.78, 5) is 138. The zero-order chi connectivity index (χ0) is 62.5. The predicted octanol–water partition coefficient (Wildman–Crippen LogP) is 5.20. The van der Waals surface area contributed by atoms with Crippen molar-refractivity contribution < 1.29 is 62.6 Å². The molecule has 0 radical (unpaired) electrons. The standard InChI is InChI=1S/C62H73N10O13PS/c1-34-53(87-33-66-34)40-17-15-37(16-18-40)30-65-56(76)49-29-44(73)31-71(49)59(79)54(62(3,4)5)70-61(81)64-25-7-8-36-11-13-38(14-12-36)32-85-35(2)45(23-24-51(63)74)68-57(77)50-28-41-10-6-9-39-19-22-47(58(78)72(50)52(39)41)69-55(75)48-27-43-26-42(20-21-46(43)67-48)60(80)86(82,83)84/h6,9-18,20-21,26-27,33,35,44-45,47,49-50,54,67,73H,7-8,19,22-25,28-32H2,1-5H3,(H2,63,74)(H,65,76)(H,68,77)(H,69,75)(H2,64,70,81)(H2,82,83,84)/t35-,44-,45+,47+,49+,50+,54-/m1/s1. The van der Waals surface area contributed by atoms with E-state index in [0.717, 1.165) is 44.0 Å². The lowest BCUT2D eigenvalue weighted by molar-refractivity contribution is -0.142. The van der Waals surface area contributed by atoms with Crippen molar-refractivity contribution in [1.29, 1.82) is 0 Å². The van der Waals surface area contributed by atoms with E-state index in [1.165, 1.54) is 34.1 Å². The van der Waals surface area contributed by atoms with Gasteiger partial charge in [-0.25, -0.2) is 9.78 Å². The Hall–Kier alpha value is -8.12. The highest BCUT2D eigenvalue weighted by atomic mass is 32.1. The Kier molecular flexibility index (Phi) is 19.6. The number of primary amides is 1. The molecular formula is C62H73N10O13PS. The molecule has 6 aromatic rings. The zero-order valence-corrected chi connectivity index (χ0v) is 50.7. The van der Waals surface area contributed by atoms with Crippen LogP contribution in [0.1, 0.15) is 114 Å². The molecule has 1 saturated heterocycles. The molecule has 2 aromatic heterocycles. The lowest BCUT2D eigenvalue weighted by atomic mass is 9.85. The summed E-state index contributed by atoms with van der Waals surface area (Å²) in [6.45, 7) is 9.80. The number of aromatic amines is 1. The Morgan fingerprint density at radius 2 is 1.61 bits per heavy atom. The van der Waals surface area contributed by atoms with Gasteiger partial charge < -0.3 is 61.8 Å². The van der Waals surface area contributed by atoms with Crippen molar-refractivity contribution in [1.82, 2.24) is 41.5 Å². The maximum Gasteiger partial charge on any atom is 0.396 e. The molecule has 0 saturated carbocycles. The second-order valence-electron chi connectivity index (χ2n) is 23.6. The fourth-order valence-electron chi connectivity index (χ4n) is 11.4. The van der Waals surface area contributed by atoms with Crippen molar-refractivity contribution >= 4 is 82.5 Å². The van der Waals surface area contributed by atoms with E-state index in [1.54, 1.807) is 23.8 Å². The van der Waals surface area contributed by atoms with Gasteiger partial charge in [-0.1, -0.05) is 87.5 Å². The molecule has 4 aromatic carbocycles. The molecule has 23 nitrogen and oxygen atoms in total. The van der Waals surface area contributed by atoms with Gasteiger partial charge in [-0.2, -0.15) is 0 Å². The summed E-state index contributed by atoms with van der Waals surface area (Å²) in [5.74, 6) is -3.09. The van der Waals surface area contributed by atoms with Gasteiger partial charge in [0.1, 0.15) is 29.9 Å². The molecule has 3 aliphatic rings. The Bertz CT molecular complexity index is 3630. The van der Waals surface area contributed by atoms with Crippen LogP contribution < -0.4 is 37.2 Å². The molecule has 460 valence electrons. The van der Waals surface area contributed by atoms with Gasteiger partial charge in [0.25, 0.3) is 11.4 Å². The molecule has 7 atom stereocenters. The minimum Gasteiger partial charge on any atom is -0.391 e. The highest BCUT2D eigenvalue weighted by molar-refractivity contribution is 7.70. The van der Waals surface area contributed by atoms with Gasteiger partial charge in [-0.05, 0) is 109 Å². The Morgan fingerprint density at radius 3 is 2.30 bits per heavy atom. The number of aliphatic hydroxyl groups excluding tert-OH is 1. The zero-order valence-electron chi connectivity index (χ0n) is 49.0. The number of anilines is 1. The number of hydrogen-bond donors (Lipinski definition) is 10. The smallest absolute Gasteiger partial charge is 0.391 e. The summed E-state index contributed by atoms with van der Waals surface area (Å²) < 4.78 is 17.9. The number of nitrogens with one attached hydrogen (secondary N) is 6. The maximum atomic E-state index is 14.6. The summed E-state index contributed by atoms with van der Waals surface area (Å²) in [5, 5.41) is 25.5. The van der Waals surface area contributed by atoms with E-state index in [-0.39, 0.29) is 63.1 Å². The number of carbonyl (C=O) groups is 8. The summed E-state index contributed by atoms with van der Waals surface area (Å²) in [6, 6.07) is 21.2. The first-order valence-electron chi connectivity index (χ1n) is 28.9. The van der Waals surface area contributed by atoms with Crippen LogP contribution in [0, 0.1) is 12.3 Å². The maximum absolute atomic E-state index is 14.6. The first kappa shape index (κ1) is 63.4. The molecule has 8 amide bonds. The predicted molar refractivity (Wildman–Crippen MR) is 325 cm³/mol. The Balaban J connectivity index is 0.750. The number of aromatic nitrogens is 2. The number of fused-ring (bicyclic) bond motifs is 1. The number of aryl methyl sites for hydroxylation is 3. The molecule has 87 heavy (non-hydrogen) atoms. The normalized spacial score (nSPS) is 18.5. The third kappa shape index (κ3) is 15.2. The van der Waals surface area contributed by atoms with Crippen LogP contribution >= 0.6 is 18.9 Å². The van der Waals surface area contributed by atoms with Gasteiger partial charge in [-0.3, -0.25) is 43.0 Å². The van der Waals surface area contributed by atoms with Crippen LogP contribution in [0.3, 0.4) is 0 Å². The highest BCUT2D eigenvalue weighted by Crippen LogP contribution is 2.41. The van der Waals surface area contributed by atoms with Crippen LogP contribution in [0.15, 0.2) is 96.5 Å². The number of hydrogen-bond acceptors (Lipinski definition) is 13.